The van der Waals surface area contributed by atoms with E-state index in [2.05, 4.69) is 4.72 Å². The molecule has 2 N–H and O–H groups in total. The molecule has 6 heteroatoms. The van der Waals surface area contributed by atoms with Crippen molar-refractivity contribution in [3.05, 3.63) is 41.3 Å². The van der Waals surface area contributed by atoms with E-state index >= 15 is 0 Å². The van der Waals surface area contributed by atoms with Gasteiger partial charge < -0.3 is 5.11 Å². The first-order valence-corrected chi connectivity index (χ1v) is 8.46. The van der Waals surface area contributed by atoms with Crippen LogP contribution < -0.4 is 4.72 Å². The molecule has 1 aromatic carbocycles. The third-order valence-corrected chi connectivity index (χ3v) is 5.63. The molecule has 1 aromatic heterocycles. The Balaban J connectivity index is 2.39. The first kappa shape index (κ1) is 14.9. The SMILES string of the molecule is CC(C)(C)c1ccc(O)c(NS(=O)(=O)c2cccs2)c1. The van der Waals surface area contributed by atoms with Crippen molar-refractivity contribution in [2.24, 2.45) is 0 Å². The topological polar surface area (TPSA) is 66.4 Å². The van der Waals surface area contributed by atoms with Crippen LogP contribution in [0.1, 0.15) is 26.3 Å². The summed E-state index contributed by atoms with van der Waals surface area (Å²) < 4.78 is 27.0. The van der Waals surface area contributed by atoms with Crippen LogP contribution in [0.3, 0.4) is 0 Å². The van der Waals surface area contributed by atoms with Gasteiger partial charge in [-0.15, -0.1) is 11.3 Å². The van der Waals surface area contributed by atoms with Crippen LogP contribution in [-0.2, 0) is 15.4 Å². The number of phenolic OH excluding ortho intramolecular Hbond substituents is 1. The van der Waals surface area contributed by atoms with Crippen molar-refractivity contribution >= 4 is 27.0 Å². The molecule has 2 aromatic rings. The molecule has 0 amide bonds. The van der Waals surface area contributed by atoms with Crippen molar-refractivity contribution < 1.29 is 13.5 Å². The Hall–Kier alpha value is -1.53. The van der Waals surface area contributed by atoms with Crippen molar-refractivity contribution in [3.8, 4) is 5.75 Å². The lowest BCUT2D eigenvalue weighted by atomic mass is 9.87. The van der Waals surface area contributed by atoms with E-state index in [0.29, 0.717) is 0 Å². The Kier molecular flexibility index (Phi) is 3.80. The summed E-state index contributed by atoms with van der Waals surface area (Å²) >= 11 is 1.13. The van der Waals surface area contributed by atoms with Crippen LogP contribution in [0.5, 0.6) is 5.75 Å². The van der Waals surface area contributed by atoms with Crippen LogP contribution in [0, 0.1) is 0 Å². The van der Waals surface area contributed by atoms with Gasteiger partial charge in [0.1, 0.15) is 9.96 Å². The van der Waals surface area contributed by atoms with E-state index in [1.54, 1.807) is 23.6 Å². The number of sulfonamides is 1. The zero-order chi connectivity index (χ0) is 15.0. The summed E-state index contributed by atoms with van der Waals surface area (Å²) in [4.78, 5) is 0. The molecule has 4 nitrogen and oxygen atoms in total. The highest BCUT2D eigenvalue weighted by atomic mass is 32.2. The van der Waals surface area contributed by atoms with Gasteiger partial charge in [0.15, 0.2) is 0 Å². The number of hydrogen-bond donors (Lipinski definition) is 2. The number of aromatic hydroxyl groups is 1. The number of anilines is 1. The Labute approximate surface area is 123 Å². The Morgan fingerprint density at radius 3 is 2.45 bits per heavy atom. The monoisotopic (exact) mass is 311 g/mol. The fourth-order valence-electron chi connectivity index (χ4n) is 1.70. The van der Waals surface area contributed by atoms with Gasteiger partial charge in [0, 0.05) is 0 Å². The zero-order valence-corrected chi connectivity index (χ0v) is 13.2. The Bertz CT molecular complexity index is 699. The molecule has 0 aliphatic rings. The summed E-state index contributed by atoms with van der Waals surface area (Å²) in [6, 6.07) is 8.16. The van der Waals surface area contributed by atoms with Gasteiger partial charge in [-0.1, -0.05) is 32.9 Å². The van der Waals surface area contributed by atoms with E-state index in [1.165, 1.54) is 12.1 Å². The molecule has 108 valence electrons. The standard InChI is InChI=1S/C14H17NO3S2/c1-14(2,3)10-6-7-12(16)11(9-10)15-20(17,18)13-5-4-8-19-13/h4-9,15-16H,1-3H3. The summed E-state index contributed by atoms with van der Waals surface area (Å²) in [6.45, 7) is 6.07. The second kappa shape index (κ2) is 5.10. The van der Waals surface area contributed by atoms with Crippen LogP contribution in [0.4, 0.5) is 5.69 Å². The predicted molar refractivity (Wildman–Crippen MR) is 81.9 cm³/mol. The van der Waals surface area contributed by atoms with Crippen molar-refractivity contribution in [1.82, 2.24) is 0 Å². The summed E-state index contributed by atoms with van der Waals surface area (Å²) in [5.74, 6) is -0.0851. The van der Waals surface area contributed by atoms with Crippen LogP contribution in [-0.4, -0.2) is 13.5 Å². The second-order valence-electron chi connectivity index (χ2n) is 5.52. The molecule has 0 aliphatic heterocycles. The molecule has 0 unspecified atom stereocenters. The molecular formula is C14H17NO3S2. The lowest BCUT2D eigenvalue weighted by Crippen LogP contribution is -2.14. The molecule has 0 spiro atoms. The van der Waals surface area contributed by atoms with Crippen LogP contribution >= 0.6 is 11.3 Å². The molecule has 1 heterocycles. The number of rotatable bonds is 3. The number of hydrogen-bond acceptors (Lipinski definition) is 4. The van der Waals surface area contributed by atoms with Crippen molar-refractivity contribution in [3.63, 3.8) is 0 Å². The highest BCUT2D eigenvalue weighted by Gasteiger charge is 2.20. The van der Waals surface area contributed by atoms with Crippen LogP contribution in [0.15, 0.2) is 39.9 Å². The summed E-state index contributed by atoms with van der Waals surface area (Å²) in [5, 5.41) is 11.5. The van der Waals surface area contributed by atoms with Gasteiger partial charge in [-0.25, -0.2) is 8.42 Å². The number of phenols is 1. The van der Waals surface area contributed by atoms with E-state index < -0.39 is 10.0 Å². The molecule has 0 bridgehead atoms. The van der Waals surface area contributed by atoms with Crippen molar-refractivity contribution in [2.75, 3.05) is 4.72 Å². The largest absolute Gasteiger partial charge is 0.506 e. The third-order valence-electron chi connectivity index (χ3n) is 2.87. The summed E-state index contributed by atoms with van der Waals surface area (Å²) in [6.07, 6.45) is 0. The fourth-order valence-corrected chi connectivity index (χ4v) is 3.75. The minimum absolute atomic E-state index is 0.0851. The first-order valence-electron chi connectivity index (χ1n) is 6.10. The van der Waals surface area contributed by atoms with Gasteiger partial charge in [0.05, 0.1) is 5.69 Å². The Morgan fingerprint density at radius 2 is 1.90 bits per heavy atom. The first-order chi connectivity index (χ1) is 9.20. The zero-order valence-electron chi connectivity index (χ0n) is 11.5. The van der Waals surface area contributed by atoms with E-state index in [0.717, 1.165) is 16.9 Å². The molecule has 0 aliphatic carbocycles. The average Bonchev–Trinajstić information content (AvgIpc) is 2.84. The van der Waals surface area contributed by atoms with Gasteiger partial charge in [-0.05, 0) is 34.6 Å². The van der Waals surface area contributed by atoms with Crippen molar-refractivity contribution in [1.29, 1.82) is 0 Å². The lowest BCUT2D eigenvalue weighted by molar-refractivity contribution is 0.476. The van der Waals surface area contributed by atoms with Gasteiger partial charge in [-0.3, -0.25) is 4.72 Å². The van der Waals surface area contributed by atoms with Gasteiger partial charge >= 0.3 is 0 Å². The predicted octanol–water partition coefficient (Wildman–Crippen LogP) is 3.55. The molecule has 0 atom stereocenters. The summed E-state index contributed by atoms with van der Waals surface area (Å²) in [5.41, 5.74) is 1.02. The summed E-state index contributed by atoms with van der Waals surface area (Å²) in [7, 11) is -3.65. The average molecular weight is 311 g/mol. The maximum absolute atomic E-state index is 12.2. The Morgan fingerprint density at radius 1 is 1.20 bits per heavy atom. The van der Waals surface area contributed by atoms with E-state index in [1.807, 2.05) is 20.8 Å². The normalized spacial score (nSPS) is 12.3. The maximum Gasteiger partial charge on any atom is 0.271 e. The van der Waals surface area contributed by atoms with Gasteiger partial charge in [0.25, 0.3) is 10.0 Å². The fraction of sp³-hybridized carbons (Fsp3) is 0.286. The van der Waals surface area contributed by atoms with E-state index in [9.17, 15) is 13.5 Å². The lowest BCUT2D eigenvalue weighted by Gasteiger charge is -2.20. The molecule has 20 heavy (non-hydrogen) atoms. The van der Waals surface area contributed by atoms with Crippen LogP contribution in [0.25, 0.3) is 0 Å². The molecular weight excluding hydrogens is 294 g/mol. The highest BCUT2D eigenvalue weighted by molar-refractivity contribution is 7.94. The quantitative estimate of drug-likeness (QED) is 0.852. The molecule has 0 fully saturated rings. The minimum Gasteiger partial charge on any atom is -0.506 e. The van der Waals surface area contributed by atoms with E-state index in [-0.39, 0.29) is 21.1 Å². The number of benzene rings is 1. The highest BCUT2D eigenvalue weighted by Crippen LogP contribution is 2.32. The molecule has 0 saturated carbocycles. The third kappa shape index (κ3) is 3.13. The maximum atomic E-state index is 12.2. The van der Waals surface area contributed by atoms with Crippen LogP contribution in [0.2, 0.25) is 0 Å². The van der Waals surface area contributed by atoms with Gasteiger partial charge in [-0.2, -0.15) is 0 Å². The van der Waals surface area contributed by atoms with Gasteiger partial charge in [0.2, 0.25) is 0 Å². The van der Waals surface area contributed by atoms with E-state index in [4.69, 9.17) is 0 Å². The molecule has 2 rings (SSSR count). The number of nitrogens with one attached hydrogen (secondary N) is 1. The minimum atomic E-state index is -3.65. The molecule has 0 saturated heterocycles. The molecule has 0 radical (unpaired) electrons. The number of thiophene rings is 1. The smallest absolute Gasteiger partial charge is 0.271 e. The second-order valence-corrected chi connectivity index (χ2v) is 8.38. The van der Waals surface area contributed by atoms with Crippen molar-refractivity contribution in [2.45, 2.75) is 30.4 Å².